The first-order chi connectivity index (χ1) is 8.11. The molecule has 0 aromatic heterocycles. The molecule has 1 rings (SSSR count). The molecule has 0 unspecified atom stereocenters. The molecule has 5 nitrogen and oxygen atoms in total. The molecule has 0 bridgehead atoms. The van der Waals surface area contributed by atoms with Crippen LogP contribution in [0.1, 0.15) is 12.0 Å². The Morgan fingerprint density at radius 2 is 1.88 bits per heavy atom. The predicted octanol–water partition coefficient (Wildman–Crippen LogP) is 0.862. The second kappa shape index (κ2) is 6.52. The minimum atomic E-state index is -0.895. The Bertz CT molecular complexity index is 387. The Hall–Kier alpha value is -2.04. The zero-order valence-corrected chi connectivity index (χ0v) is 9.69. The van der Waals surface area contributed by atoms with Gasteiger partial charge in [0, 0.05) is 19.2 Å². The molecule has 1 aromatic rings. The number of carbonyl (C=O) groups is 2. The molecule has 0 atom stereocenters. The quantitative estimate of drug-likeness (QED) is 0.684. The third-order valence-electron chi connectivity index (χ3n) is 2.32. The zero-order valence-electron chi connectivity index (χ0n) is 9.69. The fourth-order valence-electron chi connectivity index (χ4n) is 1.35. The van der Waals surface area contributed by atoms with Gasteiger partial charge in [0.15, 0.2) is 0 Å². The monoisotopic (exact) mass is 236 g/mol. The maximum absolute atomic E-state index is 11.0. The first-order valence-corrected chi connectivity index (χ1v) is 5.37. The summed E-state index contributed by atoms with van der Waals surface area (Å²) in [7, 11) is 1.61. The van der Waals surface area contributed by atoms with Crippen molar-refractivity contribution in [3.63, 3.8) is 0 Å². The summed E-state index contributed by atoms with van der Waals surface area (Å²) < 4.78 is 0. The number of aliphatic carboxylic acids is 1. The number of rotatable bonds is 6. The highest BCUT2D eigenvalue weighted by atomic mass is 16.4. The van der Waals surface area contributed by atoms with Gasteiger partial charge in [-0.2, -0.15) is 0 Å². The number of benzene rings is 1. The smallest absolute Gasteiger partial charge is 0.322 e. The lowest BCUT2D eigenvalue weighted by molar-refractivity contribution is -0.135. The van der Waals surface area contributed by atoms with Crippen molar-refractivity contribution in [1.82, 2.24) is 5.32 Å². The topological polar surface area (TPSA) is 78.4 Å². The number of amides is 1. The highest BCUT2D eigenvalue weighted by Crippen LogP contribution is 2.10. The van der Waals surface area contributed by atoms with E-state index in [1.54, 1.807) is 7.05 Å². The molecule has 0 radical (unpaired) electrons. The first kappa shape index (κ1) is 13.0. The normalized spacial score (nSPS) is 9.71. The van der Waals surface area contributed by atoms with Gasteiger partial charge in [-0.1, -0.05) is 12.1 Å². The van der Waals surface area contributed by atoms with Crippen LogP contribution in [0.15, 0.2) is 24.3 Å². The number of hydrogen-bond donors (Lipinski definition) is 3. The Kier molecular flexibility index (Phi) is 5.00. The van der Waals surface area contributed by atoms with Crippen molar-refractivity contribution in [3.8, 4) is 0 Å². The van der Waals surface area contributed by atoms with Crippen LogP contribution in [0.25, 0.3) is 0 Å². The molecule has 0 saturated heterocycles. The standard InChI is InChI=1S/C12H16N2O3/c1-13-11(15)7-4-9-2-5-10(6-3-9)14-8-12(16)17/h2-3,5-6,14H,4,7-8H2,1H3,(H,13,15)(H,16,17). The number of anilines is 1. The highest BCUT2D eigenvalue weighted by Gasteiger charge is 2.00. The molecule has 3 N–H and O–H groups in total. The summed E-state index contributed by atoms with van der Waals surface area (Å²) in [6.45, 7) is -0.0996. The van der Waals surface area contributed by atoms with E-state index in [9.17, 15) is 9.59 Å². The number of carboxylic acids is 1. The molecule has 0 aliphatic carbocycles. The lowest BCUT2D eigenvalue weighted by Crippen LogP contribution is -2.17. The molecular formula is C12H16N2O3. The highest BCUT2D eigenvalue weighted by molar-refractivity contribution is 5.75. The third kappa shape index (κ3) is 5.01. The summed E-state index contributed by atoms with van der Waals surface area (Å²) in [5, 5.41) is 13.8. The van der Waals surface area contributed by atoms with Crippen molar-refractivity contribution in [1.29, 1.82) is 0 Å². The van der Waals surface area contributed by atoms with Crippen LogP contribution < -0.4 is 10.6 Å². The Labute approximate surface area is 99.8 Å². The van der Waals surface area contributed by atoms with Gasteiger partial charge in [0.1, 0.15) is 6.54 Å². The molecule has 0 aliphatic rings. The van der Waals surface area contributed by atoms with Crippen LogP contribution in [0.3, 0.4) is 0 Å². The van der Waals surface area contributed by atoms with Crippen LogP contribution in [-0.2, 0) is 16.0 Å². The number of aryl methyl sites for hydroxylation is 1. The van der Waals surface area contributed by atoms with Gasteiger partial charge in [0.05, 0.1) is 0 Å². The van der Waals surface area contributed by atoms with Crippen molar-refractivity contribution in [2.24, 2.45) is 0 Å². The number of carboxylic acid groups (broad SMARTS) is 1. The van der Waals surface area contributed by atoms with Gasteiger partial charge in [-0.15, -0.1) is 0 Å². The van der Waals surface area contributed by atoms with Crippen LogP contribution in [0.2, 0.25) is 0 Å². The fraction of sp³-hybridized carbons (Fsp3) is 0.333. The summed E-state index contributed by atoms with van der Waals surface area (Å²) in [4.78, 5) is 21.4. The van der Waals surface area contributed by atoms with E-state index in [-0.39, 0.29) is 12.5 Å². The van der Waals surface area contributed by atoms with Gasteiger partial charge in [0.2, 0.25) is 5.91 Å². The number of hydrogen-bond acceptors (Lipinski definition) is 3. The molecule has 1 aromatic carbocycles. The minimum Gasteiger partial charge on any atom is -0.480 e. The summed E-state index contributed by atoms with van der Waals surface area (Å²) in [5.41, 5.74) is 1.81. The van der Waals surface area contributed by atoms with Crippen molar-refractivity contribution in [3.05, 3.63) is 29.8 Å². The Balaban J connectivity index is 2.44. The van der Waals surface area contributed by atoms with E-state index < -0.39 is 5.97 Å². The van der Waals surface area contributed by atoms with Gasteiger partial charge in [-0.3, -0.25) is 9.59 Å². The van der Waals surface area contributed by atoms with Gasteiger partial charge < -0.3 is 15.7 Å². The van der Waals surface area contributed by atoms with E-state index in [2.05, 4.69) is 10.6 Å². The molecule has 0 heterocycles. The van der Waals surface area contributed by atoms with E-state index >= 15 is 0 Å². The second-order valence-corrected chi connectivity index (χ2v) is 3.62. The van der Waals surface area contributed by atoms with E-state index in [4.69, 9.17) is 5.11 Å². The SMILES string of the molecule is CNC(=O)CCc1ccc(NCC(=O)O)cc1. The maximum Gasteiger partial charge on any atom is 0.322 e. The van der Waals surface area contributed by atoms with Crippen LogP contribution in [-0.4, -0.2) is 30.6 Å². The molecule has 5 heteroatoms. The van der Waals surface area contributed by atoms with Gasteiger partial charge in [-0.25, -0.2) is 0 Å². The van der Waals surface area contributed by atoms with Crippen molar-refractivity contribution in [2.75, 3.05) is 18.9 Å². The molecule has 0 aliphatic heterocycles. The minimum absolute atomic E-state index is 0.0121. The van der Waals surface area contributed by atoms with E-state index in [0.717, 1.165) is 11.3 Å². The van der Waals surface area contributed by atoms with Crippen LogP contribution >= 0.6 is 0 Å². The van der Waals surface area contributed by atoms with E-state index in [1.165, 1.54) is 0 Å². The maximum atomic E-state index is 11.0. The lowest BCUT2D eigenvalue weighted by Gasteiger charge is -2.05. The average molecular weight is 236 g/mol. The summed E-state index contributed by atoms with van der Waals surface area (Å²) in [5.74, 6) is -0.883. The molecular weight excluding hydrogens is 220 g/mol. The number of carbonyl (C=O) groups excluding carboxylic acids is 1. The molecule has 0 fully saturated rings. The zero-order chi connectivity index (χ0) is 12.7. The summed E-state index contributed by atoms with van der Waals surface area (Å²) in [6, 6.07) is 7.38. The van der Waals surface area contributed by atoms with Crippen molar-refractivity contribution < 1.29 is 14.7 Å². The van der Waals surface area contributed by atoms with Gasteiger partial charge >= 0.3 is 5.97 Å². The predicted molar refractivity (Wildman–Crippen MR) is 65.0 cm³/mol. The van der Waals surface area contributed by atoms with Crippen molar-refractivity contribution >= 4 is 17.6 Å². The molecule has 0 spiro atoms. The molecule has 92 valence electrons. The average Bonchev–Trinajstić information content (AvgIpc) is 2.34. The van der Waals surface area contributed by atoms with E-state index in [1.807, 2.05) is 24.3 Å². The summed E-state index contributed by atoms with van der Waals surface area (Å²) in [6.07, 6.45) is 1.14. The van der Waals surface area contributed by atoms with Crippen LogP contribution in [0, 0.1) is 0 Å². The number of nitrogens with one attached hydrogen (secondary N) is 2. The van der Waals surface area contributed by atoms with E-state index in [0.29, 0.717) is 12.8 Å². The van der Waals surface area contributed by atoms with Crippen molar-refractivity contribution in [2.45, 2.75) is 12.8 Å². The Morgan fingerprint density at radius 1 is 1.24 bits per heavy atom. The summed E-state index contributed by atoms with van der Waals surface area (Å²) >= 11 is 0. The largest absolute Gasteiger partial charge is 0.480 e. The van der Waals surface area contributed by atoms with Gasteiger partial charge in [-0.05, 0) is 24.1 Å². The Morgan fingerprint density at radius 3 is 2.41 bits per heavy atom. The van der Waals surface area contributed by atoms with Crippen LogP contribution in [0.4, 0.5) is 5.69 Å². The second-order valence-electron chi connectivity index (χ2n) is 3.62. The third-order valence-corrected chi connectivity index (χ3v) is 2.32. The molecule has 0 saturated carbocycles. The molecule has 1 amide bonds. The fourth-order valence-corrected chi connectivity index (χ4v) is 1.35. The lowest BCUT2D eigenvalue weighted by atomic mass is 10.1. The van der Waals surface area contributed by atoms with Gasteiger partial charge in [0.25, 0.3) is 0 Å². The van der Waals surface area contributed by atoms with Crippen LogP contribution in [0.5, 0.6) is 0 Å². The first-order valence-electron chi connectivity index (χ1n) is 5.37. The molecule has 17 heavy (non-hydrogen) atoms.